The summed E-state index contributed by atoms with van der Waals surface area (Å²) >= 11 is 0. The molecule has 0 atom stereocenters. The van der Waals surface area contributed by atoms with E-state index in [0.717, 1.165) is 13.3 Å². The smallest absolute Gasteiger partial charge is 0.325 e. The monoisotopic (exact) mass is 232 g/mol. The lowest BCUT2D eigenvalue weighted by atomic mass is 10.2. The van der Waals surface area contributed by atoms with E-state index in [9.17, 15) is 23.7 Å². The molecule has 1 rings (SSSR count). The van der Waals surface area contributed by atoms with E-state index >= 15 is 0 Å². The van der Waals surface area contributed by atoms with Crippen LogP contribution in [0.4, 0.5) is 14.5 Å². The number of nitro groups is 1. The molecule has 8 heteroatoms. The Morgan fingerprint density at radius 1 is 1.62 bits per heavy atom. The van der Waals surface area contributed by atoms with Gasteiger partial charge in [0, 0.05) is 6.20 Å². The lowest BCUT2D eigenvalue weighted by Crippen LogP contribution is -2.04. The van der Waals surface area contributed by atoms with Crippen LogP contribution in [0.2, 0.25) is 0 Å². The Morgan fingerprint density at radius 2 is 2.25 bits per heavy atom. The highest BCUT2D eigenvalue weighted by molar-refractivity contribution is 5.83. The van der Waals surface area contributed by atoms with E-state index in [1.165, 1.54) is 0 Å². The third-order valence-corrected chi connectivity index (χ3v) is 1.78. The number of pyridine rings is 1. The molecule has 0 fully saturated rings. The number of hydrogen-bond acceptors (Lipinski definition) is 5. The Labute approximate surface area is 88.0 Å². The number of halogens is 2. The van der Waals surface area contributed by atoms with Crippen LogP contribution in [-0.2, 0) is 0 Å². The SMILES string of the molecule is COc1c(C(F)F)ncc(C=O)c1[N+](=O)[O-]. The molecule has 0 aliphatic carbocycles. The molecule has 0 bridgehead atoms. The molecule has 6 nitrogen and oxygen atoms in total. The van der Waals surface area contributed by atoms with Gasteiger partial charge in [0.15, 0.2) is 12.0 Å². The average Bonchev–Trinajstić information content (AvgIpc) is 2.26. The number of methoxy groups -OCH3 is 1. The molecule has 0 radical (unpaired) electrons. The molecule has 0 aliphatic heterocycles. The third kappa shape index (κ3) is 1.95. The average molecular weight is 232 g/mol. The van der Waals surface area contributed by atoms with Gasteiger partial charge in [-0.3, -0.25) is 19.9 Å². The highest BCUT2D eigenvalue weighted by atomic mass is 19.3. The summed E-state index contributed by atoms with van der Waals surface area (Å²) in [4.78, 5) is 23.4. The van der Waals surface area contributed by atoms with Crippen molar-refractivity contribution in [3.05, 3.63) is 27.6 Å². The van der Waals surface area contributed by atoms with Gasteiger partial charge in [0.2, 0.25) is 5.75 Å². The molecule has 1 aromatic rings. The predicted octanol–water partition coefficient (Wildman–Crippen LogP) is 1.75. The third-order valence-electron chi connectivity index (χ3n) is 1.78. The fourth-order valence-electron chi connectivity index (χ4n) is 1.14. The molecule has 0 N–H and O–H groups in total. The van der Waals surface area contributed by atoms with E-state index in [-0.39, 0.29) is 6.29 Å². The van der Waals surface area contributed by atoms with Crippen LogP contribution in [0, 0.1) is 10.1 Å². The molecule has 0 saturated carbocycles. The van der Waals surface area contributed by atoms with E-state index in [2.05, 4.69) is 9.72 Å². The number of hydrogen-bond donors (Lipinski definition) is 0. The summed E-state index contributed by atoms with van der Waals surface area (Å²) in [6, 6.07) is 0. The van der Waals surface area contributed by atoms with Gasteiger partial charge in [0.1, 0.15) is 5.56 Å². The van der Waals surface area contributed by atoms with Crippen LogP contribution < -0.4 is 4.74 Å². The molecule has 0 saturated heterocycles. The summed E-state index contributed by atoms with van der Waals surface area (Å²) in [6.45, 7) is 0. The molecule has 0 spiro atoms. The zero-order chi connectivity index (χ0) is 12.3. The molecule has 1 aromatic heterocycles. The quantitative estimate of drug-likeness (QED) is 0.448. The zero-order valence-electron chi connectivity index (χ0n) is 8.02. The Morgan fingerprint density at radius 3 is 2.62 bits per heavy atom. The van der Waals surface area contributed by atoms with Crippen LogP contribution in [0.5, 0.6) is 5.75 Å². The van der Waals surface area contributed by atoms with Gasteiger partial charge in [0.05, 0.1) is 12.0 Å². The first-order valence-electron chi connectivity index (χ1n) is 3.97. The summed E-state index contributed by atoms with van der Waals surface area (Å²) < 4.78 is 29.4. The van der Waals surface area contributed by atoms with Crippen molar-refractivity contribution in [2.24, 2.45) is 0 Å². The van der Waals surface area contributed by atoms with Crippen LogP contribution in [0.3, 0.4) is 0 Å². The van der Waals surface area contributed by atoms with Crippen LogP contribution in [-0.4, -0.2) is 23.3 Å². The Balaban J connectivity index is 3.55. The van der Waals surface area contributed by atoms with E-state index in [0.29, 0.717) is 0 Å². The number of nitrogens with zero attached hydrogens (tertiary/aromatic N) is 2. The van der Waals surface area contributed by atoms with E-state index in [1.54, 1.807) is 0 Å². The van der Waals surface area contributed by atoms with Crippen molar-refractivity contribution in [2.45, 2.75) is 6.43 Å². The van der Waals surface area contributed by atoms with Crippen molar-refractivity contribution in [1.82, 2.24) is 4.98 Å². The molecule has 1 heterocycles. The number of aldehydes is 1. The minimum atomic E-state index is -3.02. The minimum absolute atomic E-state index is 0.156. The molecule has 16 heavy (non-hydrogen) atoms. The van der Waals surface area contributed by atoms with E-state index < -0.39 is 34.0 Å². The van der Waals surface area contributed by atoms with Crippen LogP contribution in [0.15, 0.2) is 6.20 Å². The highest BCUT2D eigenvalue weighted by Crippen LogP contribution is 2.36. The van der Waals surface area contributed by atoms with E-state index in [1.807, 2.05) is 0 Å². The van der Waals surface area contributed by atoms with Gasteiger partial charge in [-0.15, -0.1) is 0 Å². The van der Waals surface area contributed by atoms with Gasteiger partial charge in [-0.1, -0.05) is 0 Å². The first-order valence-corrected chi connectivity index (χ1v) is 3.97. The number of rotatable bonds is 4. The van der Waals surface area contributed by atoms with Crippen LogP contribution >= 0.6 is 0 Å². The Hall–Kier alpha value is -2.12. The maximum absolute atomic E-state index is 12.4. The summed E-state index contributed by atoms with van der Waals surface area (Å²) in [5, 5.41) is 10.6. The van der Waals surface area contributed by atoms with Gasteiger partial charge in [-0.2, -0.15) is 0 Å². The van der Waals surface area contributed by atoms with Crippen molar-refractivity contribution < 1.29 is 23.2 Å². The standard InChI is InChI=1S/C8H6F2N2O4/c1-16-7-5(8(9)10)11-2-4(3-13)6(7)12(14)15/h2-3,8H,1H3. The highest BCUT2D eigenvalue weighted by Gasteiger charge is 2.29. The summed E-state index contributed by atoms with van der Waals surface area (Å²) in [5.74, 6) is -0.690. The number of carbonyl (C=O) groups excluding carboxylic acids is 1. The summed E-state index contributed by atoms with van der Waals surface area (Å²) in [6.07, 6.45) is -2.15. The minimum Gasteiger partial charge on any atom is -0.489 e. The number of alkyl halides is 2. The van der Waals surface area contributed by atoms with Crippen LogP contribution in [0.1, 0.15) is 22.5 Å². The zero-order valence-corrected chi connectivity index (χ0v) is 8.02. The number of aromatic nitrogens is 1. The maximum atomic E-state index is 12.4. The lowest BCUT2D eigenvalue weighted by Gasteiger charge is -2.07. The fourth-order valence-corrected chi connectivity index (χ4v) is 1.14. The Bertz CT molecular complexity index is 436. The topological polar surface area (TPSA) is 82.3 Å². The van der Waals surface area contributed by atoms with Crippen LogP contribution in [0.25, 0.3) is 0 Å². The van der Waals surface area contributed by atoms with Gasteiger partial charge in [-0.05, 0) is 0 Å². The molecule has 0 unspecified atom stereocenters. The molecule has 0 amide bonds. The van der Waals surface area contributed by atoms with Gasteiger partial charge < -0.3 is 4.74 Å². The summed E-state index contributed by atoms with van der Waals surface area (Å²) in [7, 11) is 0.991. The molecular weight excluding hydrogens is 226 g/mol. The molecule has 0 aromatic carbocycles. The first kappa shape index (κ1) is 12.0. The molecular formula is C8H6F2N2O4. The van der Waals surface area contributed by atoms with Crippen molar-refractivity contribution in [3.8, 4) is 5.75 Å². The van der Waals surface area contributed by atoms with Crippen molar-refractivity contribution in [1.29, 1.82) is 0 Å². The Kier molecular flexibility index (Phi) is 3.44. The number of ether oxygens (including phenoxy) is 1. The van der Waals surface area contributed by atoms with Gasteiger partial charge in [-0.25, -0.2) is 8.78 Å². The molecule has 86 valence electrons. The van der Waals surface area contributed by atoms with Crippen molar-refractivity contribution >= 4 is 12.0 Å². The molecule has 0 aliphatic rings. The maximum Gasteiger partial charge on any atom is 0.325 e. The van der Waals surface area contributed by atoms with Gasteiger partial charge in [0.25, 0.3) is 6.43 Å². The first-order chi connectivity index (χ1) is 7.52. The predicted molar refractivity (Wildman–Crippen MR) is 47.8 cm³/mol. The summed E-state index contributed by atoms with van der Waals surface area (Å²) in [5.41, 5.74) is -2.08. The normalized spacial score (nSPS) is 10.2. The van der Waals surface area contributed by atoms with Crippen molar-refractivity contribution in [3.63, 3.8) is 0 Å². The van der Waals surface area contributed by atoms with E-state index in [4.69, 9.17) is 0 Å². The van der Waals surface area contributed by atoms with Gasteiger partial charge >= 0.3 is 5.69 Å². The lowest BCUT2D eigenvalue weighted by molar-refractivity contribution is -0.386. The largest absolute Gasteiger partial charge is 0.489 e. The van der Waals surface area contributed by atoms with Crippen molar-refractivity contribution in [2.75, 3.05) is 7.11 Å². The second kappa shape index (κ2) is 4.60. The fraction of sp³-hybridized carbons (Fsp3) is 0.250. The number of carbonyl (C=O) groups is 1. The second-order valence-electron chi connectivity index (χ2n) is 2.66. The second-order valence-corrected chi connectivity index (χ2v) is 2.66.